The number of rotatable bonds is 2. The number of hydrogen-bond donors (Lipinski definition) is 2. The summed E-state index contributed by atoms with van der Waals surface area (Å²) in [6, 6.07) is 6.83. The van der Waals surface area contributed by atoms with Crippen LogP contribution in [0.5, 0.6) is 0 Å². The Bertz CT molecular complexity index is 610. The molecule has 2 aromatic rings. The van der Waals surface area contributed by atoms with Crippen molar-refractivity contribution < 1.29 is 4.79 Å². The molecule has 1 aromatic carbocycles. The number of nitrogens with two attached hydrogens (primary N) is 1. The van der Waals surface area contributed by atoms with Crippen LogP contribution < -0.4 is 11.1 Å². The predicted molar refractivity (Wildman–Crippen MR) is 77.9 cm³/mol. The van der Waals surface area contributed by atoms with E-state index in [0.717, 1.165) is 16.9 Å². The fourth-order valence-corrected chi connectivity index (χ4v) is 2.91. The second kappa shape index (κ2) is 5.18. The fourth-order valence-electron chi connectivity index (χ4n) is 1.45. The van der Waals surface area contributed by atoms with Crippen molar-refractivity contribution in [2.45, 2.75) is 6.92 Å². The Kier molecular flexibility index (Phi) is 3.80. The van der Waals surface area contributed by atoms with Crippen molar-refractivity contribution in [1.82, 2.24) is 0 Å². The van der Waals surface area contributed by atoms with Crippen LogP contribution in [0.1, 0.15) is 15.9 Å². The number of carbonyl (C=O) groups excluding carboxylic acids is 1. The molecule has 1 aromatic heterocycles. The van der Waals surface area contributed by atoms with Crippen LogP contribution in [-0.4, -0.2) is 5.91 Å². The molecule has 0 radical (unpaired) electrons. The summed E-state index contributed by atoms with van der Waals surface area (Å²) >= 11 is 12.9. The van der Waals surface area contributed by atoms with E-state index in [-0.39, 0.29) is 5.91 Å². The van der Waals surface area contributed by atoms with Gasteiger partial charge in [-0.2, -0.15) is 0 Å². The highest BCUT2D eigenvalue weighted by molar-refractivity contribution is 7.20. The number of benzene rings is 1. The van der Waals surface area contributed by atoms with Gasteiger partial charge in [-0.1, -0.05) is 23.2 Å². The molecule has 0 aliphatic carbocycles. The number of halogens is 2. The number of amides is 1. The van der Waals surface area contributed by atoms with Crippen molar-refractivity contribution in [1.29, 1.82) is 0 Å². The molecule has 0 fully saturated rings. The summed E-state index contributed by atoms with van der Waals surface area (Å²) in [6.45, 7) is 1.87. The maximum absolute atomic E-state index is 12.0. The monoisotopic (exact) mass is 300 g/mol. The molecular weight excluding hydrogens is 291 g/mol. The van der Waals surface area contributed by atoms with Gasteiger partial charge < -0.3 is 11.1 Å². The lowest BCUT2D eigenvalue weighted by atomic mass is 10.2. The Morgan fingerprint density at radius 3 is 2.61 bits per heavy atom. The zero-order valence-electron chi connectivity index (χ0n) is 9.46. The van der Waals surface area contributed by atoms with Crippen molar-refractivity contribution in [3.8, 4) is 0 Å². The normalized spacial score (nSPS) is 10.4. The minimum Gasteiger partial charge on any atom is -0.399 e. The molecule has 0 saturated heterocycles. The number of thiophene rings is 1. The molecule has 0 bridgehead atoms. The Morgan fingerprint density at radius 1 is 1.33 bits per heavy atom. The van der Waals surface area contributed by atoms with Gasteiger partial charge in [0.15, 0.2) is 0 Å². The standard InChI is InChI=1S/C12H10Cl2N2OS/c1-6-4-7(2-3-9(6)15)16-12(17)8-5-10(13)18-11(8)14/h2-5H,15H2,1H3,(H,16,17). The lowest BCUT2D eigenvalue weighted by molar-refractivity contribution is 0.102. The third-order valence-corrected chi connectivity index (χ3v) is 3.92. The Balaban J connectivity index is 2.21. The van der Waals surface area contributed by atoms with Crippen molar-refractivity contribution in [2.24, 2.45) is 0 Å². The van der Waals surface area contributed by atoms with E-state index in [1.807, 2.05) is 6.92 Å². The third-order valence-electron chi connectivity index (χ3n) is 2.43. The molecule has 0 aliphatic heterocycles. The Labute approximate surface area is 119 Å². The first-order valence-electron chi connectivity index (χ1n) is 5.09. The van der Waals surface area contributed by atoms with E-state index in [1.165, 1.54) is 0 Å². The number of nitrogens with one attached hydrogen (secondary N) is 1. The second-order valence-corrected chi connectivity index (χ2v) is 6.05. The van der Waals surface area contributed by atoms with Crippen LogP contribution in [0.3, 0.4) is 0 Å². The number of nitrogen functional groups attached to an aromatic ring is 1. The Hall–Kier alpha value is -1.23. The molecule has 0 atom stereocenters. The van der Waals surface area contributed by atoms with Crippen LogP contribution >= 0.6 is 34.5 Å². The SMILES string of the molecule is Cc1cc(NC(=O)c2cc(Cl)sc2Cl)ccc1N. The molecule has 94 valence electrons. The summed E-state index contributed by atoms with van der Waals surface area (Å²) in [4.78, 5) is 12.0. The highest BCUT2D eigenvalue weighted by Gasteiger charge is 2.14. The molecule has 3 nitrogen and oxygen atoms in total. The fraction of sp³-hybridized carbons (Fsp3) is 0.0833. The average Bonchev–Trinajstić information content (AvgIpc) is 2.63. The molecule has 0 aliphatic rings. The summed E-state index contributed by atoms with van der Waals surface area (Å²) < 4.78 is 0.864. The van der Waals surface area contributed by atoms with E-state index in [0.29, 0.717) is 25.6 Å². The first-order chi connectivity index (χ1) is 8.47. The van der Waals surface area contributed by atoms with E-state index in [4.69, 9.17) is 28.9 Å². The highest BCUT2D eigenvalue weighted by atomic mass is 35.5. The summed E-state index contributed by atoms with van der Waals surface area (Å²) in [5.74, 6) is -0.285. The first kappa shape index (κ1) is 13.2. The van der Waals surface area contributed by atoms with Crippen molar-refractivity contribution in [2.75, 3.05) is 11.1 Å². The van der Waals surface area contributed by atoms with Gasteiger partial charge in [0, 0.05) is 11.4 Å². The maximum atomic E-state index is 12.0. The molecular formula is C12H10Cl2N2OS. The summed E-state index contributed by atoms with van der Waals surface area (Å²) in [7, 11) is 0. The topological polar surface area (TPSA) is 55.1 Å². The summed E-state index contributed by atoms with van der Waals surface area (Å²) in [5, 5.41) is 2.75. The highest BCUT2D eigenvalue weighted by Crippen LogP contribution is 2.31. The lowest BCUT2D eigenvalue weighted by Gasteiger charge is -2.06. The first-order valence-corrected chi connectivity index (χ1v) is 6.67. The molecule has 1 amide bonds. The minimum atomic E-state index is -0.285. The molecule has 0 unspecified atom stereocenters. The van der Waals surface area contributed by atoms with Crippen LogP contribution in [0.2, 0.25) is 8.67 Å². The quantitative estimate of drug-likeness (QED) is 0.817. The van der Waals surface area contributed by atoms with E-state index < -0.39 is 0 Å². The number of anilines is 2. The second-order valence-electron chi connectivity index (χ2n) is 3.76. The Morgan fingerprint density at radius 2 is 2.06 bits per heavy atom. The maximum Gasteiger partial charge on any atom is 0.258 e. The molecule has 0 spiro atoms. The van der Waals surface area contributed by atoms with Crippen molar-refractivity contribution >= 4 is 51.8 Å². The largest absolute Gasteiger partial charge is 0.399 e. The molecule has 3 N–H and O–H groups in total. The number of carbonyl (C=O) groups is 1. The predicted octanol–water partition coefficient (Wildman–Crippen LogP) is 4.20. The van der Waals surface area contributed by atoms with Gasteiger partial charge in [0.1, 0.15) is 4.34 Å². The van der Waals surface area contributed by atoms with Gasteiger partial charge in [-0.3, -0.25) is 4.79 Å². The third kappa shape index (κ3) is 2.77. The average molecular weight is 301 g/mol. The zero-order valence-corrected chi connectivity index (χ0v) is 11.8. The van der Waals surface area contributed by atoms with Crippen LogP contribution in [0, 0.1) is 6.92 Å². The van der Waals surface area contributed by atoms with Gasteiger partial charge in [0.05, 0.1) is 9.90 Å². The molecule has 2 rings (SSSR count). The molecule has 18 heavy (non-hydrogen) atoms. The lowest BCUT2D eigenvalue weighted by Crippen LogP contribution is -2.11. The molecule has 1 heterocycles. The van der Waals surface area contributed by atoms with Gasteiger partial charge in [0.25, 0.3) is 5.91 Å². The van der Waals surface area contributed by atoms with E-state index in [9.17, 15) is 4.79 Å². The van der Waals surface area contributed by atoms with Gasteiger partial charge in [-0.15, -0.1) is 11.3 Å². The van der Waals surface area contributed by atoms with Crippen LogP contribution in [0.4, 0.5) is 11.4 Å². The zero-order chi connectivity index (χ0) is 13.3. The van der Waals surface area contributed by atoms with Gasteiger partial charge in [0.2, 0.25) is 0 Å². The van der Waals surface area contributed by atoms with Gasteiger partial charge in [-0.05, 0) is 36.8 Å². The molecule has 0 saturated carbocycles. The van der Waals surface area contributed by atoms with Crippen LogP contribution in [-0.2, 0) is 0 Å². The van der Waals surface area contributed by atoms with Gasteiger partial charge in [-0.25, -0.2) is 0 Å². The van der Waals surface area contributed by atoms with Crippen molar-refractivity contribution in [3.63, 3.8) is 0 Å². The molecule has 6 heteroatoms. The summed E-state index contributed by atoms with van der Waals surface area (Å²) in [5.41, 5.74) is 8.35. The number of aryl methyl sites for hydroxylation is 1. The van der Waals surface area contributed by atoms with Crippen LogP contribution in [0.25, 0.3) is 0 Å². The van der Waals surface area contributed by atoms with Crippen molar-refractivity contribution in [3.05, 3.63) is 44.1 Å². The van der Waals surface area contributed by atoms with E-state index in [1.54, 1.807) is 24.3 Å². The minimum absolute atomic E-state index is 0.285. The number of hydrogen-bond acceptors (Lipinski definition) is 3. The van der Waals surface area contributed by atoms with E-state index in [2.05, 4.69) is 5.32 Å². The van der Waals surface area contributed by atoms with Gasteiger partial charge >= 0.3 is 0 Å². The van der Waals surface area contributed by atoms with E-state index >= 15 is 0 Å². The smallest absolute Gasteiger partial charge is 0.258 e. The summed E-state index contributed by atoms with van der Waals surface area (Å²) in [6.07, 6.45) is 0. The van der Waals surface area contributed by atoms with Crippen LogP contribution in [0.15, 0.2) is 24.3 Å².